The van der Waals surface area contributed by atoms with E-state index in [1.165, 1.54) is 20.5 Å². The van der Waals surface area contributed by atoms with Crippen molar-refractivity contribution in [1.82, 2.24) is 9.13 Å². The Labute approximate surface area is 205 Å². The number of hydrogen-bond acceptors (Lipinski definition) is 4. The number of rotatable bonds is 5. The first-order valence-corrected chi connectivity index (χ1v) is 12.5. The zero-order chi connectivity index (χ0) is 23.8. The molecule has 0 unspecified atom stereocenters. The highest BCUT2D eigenvalue weighted by atomic mass is 35.5. The van der Waals surface area contributed by atoms with Crippen LogP contribution in [0.1, 0.15) is 34.4 Å². The van der Waals surface area contributed by atoms with Crippen LogP contribution in [0.5, 0.6) is 0 Å². The quantitative estimate of drug-likeness (QED) is 0.436. The SMILES string of the molecule is Cc1ccccc1NC(=O)Cn1c(=O)n(Cc2ccccc2Cl)c(=O)c2c3c(sc21)CCCC3. The first-order valence-electron chi connectivity index (χ1n) is 11.3. The van der Waals surface area contributed by atoms with Gasteiger partial charge >= 0.3 is 5.69 Å². The summed E-state index contributed by atoms with van der Waals surface area (Å²) in [6, 6.07) is 14.7. The van der Waals surface area contributed by atoms with Gasteiger partial charge in [0.2, 0.25) is 5.91 Å². The standard InChI is InChI=1S/C26H24ClN3O3S/c1-16-8-2-6-12-20(16)28-22(31)15-30-25-23(18-10-4-7-13-21(18)34-25)24(32)29(26(30)33)14-17-9-3-5-11-19(17)27/h2-3,5-6,8-9,11-12H,4,7,10,13-15H2,1H3,(H,28,31). The summed E-state index contributed by atoms with van der Waals surface area (Å²) in [5.74, 6) is -0.313. The predicted octanol–water partition coefficient (Wildman–Crippen LogP) is 4.75. The number of fused-ring (bicyclic) bond motifs is 3. The molecular formula is C26H24ClN3O3S. The van der Waals surface area contributed by atoms with Crippen LogP contribution in [-0.2, 0) is 30.7 Å². The summed E-state index contributed by atoms with van der Waals surface area (Å²) in [6.45, 7) is 1.79. The Balaban J connectivity index is 1.64. The molecule has 5 rings (SSSR count). The molecule has 0 fully saturated rings. The fraction of sp³-hybridized carbons (Fsp3) is 0.269. The number of nitrogens with one attached hydrogen (secondary N) is 1. The van der Waals surface area contributed by atoms with Crippen LogP contribution < -0.4 is 16.6 Å². The molecule has 2 aromatic heterocycles. The van der Waals surface area contributed by atoms with Crippen molar-refractivity contribution in [2.45, 2.75) is 45.7 Å². The third-order valence-electron chi connectivity index (χ3n) is 6.33. The maximum Gasteiger partial charge on any atom is 0.332 e. The highest BCUT2D eigenvalue weighted by Crippen LogP contribution is 2.34. The fourth-order valence-electron chi connectivity index (χ4n) is 4.54. The third-order valence-corrected chi connectivity index (χ3v) is 8.01. The zero-order valence-corrected chi connectivity index (χ0v) is 20.3. The lowest BCUT2D eigenvalue weighted by Crippen LogP contribution is -2.41. The Bertz CT molecular complexity index is 1530. The Morgan fingerprint density at radius 1 is 1.03 bits per heavy atom. The minimum atomic E-state index is -0.504. The molecule has 8 heteroatoms. The van der Waals surface area contributed by atoms with E-state index >= 15 is 0 Å². The van der Waals surface area contributed by atoms with E-state index in [2.05, 4.69) is 5.32 Å². The van der Waals surface area contributed by atoms with Crippen LogP contribution in [0.25, 0.3) is 10.2 Å². The van der Waals surface area contributed by atoms with E-state index < -0.39 is 5.69 Å². The smallest absolute Gasteiger partial charge is 0.324 e. The molecule has 2 aromatic carbocycles. The van der Waals surface area contributed by atoms with Crippen molar-refractivity contribution in [3.63, 3.8) is 0 Å². The number of aryl methyl sites for hydroxylation is 3. The summed E-state index contributed by atoms with van der Waals surface area (Å²) in [7, 11) is 0. The normalized spacial score (nSPS) is 13.1. The van der Waals surface area contributed by atoms with E-state index in [4.69, 9.17) is 11.6 Å². The second-order valence-corrected chi connectivity index (χ2v) is 10.1. The highest BCUT2D eigenvalue weighted by molar-refractivity contribution is 7.18. The van der Waals surface area contributed by atoms with E-state index in [1.54, 1.807) is 18.2 Å². The number of nitrogens with zero attached hydrogens (tertiary/aromatic N) is 2. The van der Waals surface area contributed by atoms with Crippen molar-refractivity contribution >= 4 is 44.7 Å². The summed E-state index contributed by atoms with van der Waals surface area (Å²) < 4.78 is 2.66. The molecule has 0 aliphatic heterocycles. The minimum Gasteiger partial charge on any atom is -0.324 e. The zero-order valence-electron chi connectivity index (χ0n) is 18.8. The topological polar surface area (TPSA) is 73.1 Å². The first-order chi connectivity index (χ1) is 16.4. The largest absolute Gasteiger partial charge is 0.332 e. The van der Waals surface area contributed by atoms with E-state index in [9.17, 15) is 14.4 Å². The third kappa shape index (κ3) is 4.10. The van der Waals surface area contributed by atoms with Gasteiger partial charge in [0.1, 0.15) is 11.4 Å². The first kappa shape index (κ1) is 22.6. The number of carbonyl (C=O) groups excluding carboxylic acids is 1. The van der Waals surface area contributed by atoms with E-state index in [1.807, 2.05) is 37.3 Å². The van der Waals surface area contributed by atoms with Crippen molar-refractivity contribution in [3.05, 3.63) is 96.0 Å². The molecule has 174 valence electrons. The molecule has 1 amide bonds. The summed E-state index contributed by atoms with van der Waals surface area (Å²) in [5, 5.41) is 3.96. The number of benzene rings is 2. The Morgan fingerprint density at radius 3 is 2.56 bits per heavy atom. The van der Waals surface area contributed by atoms with Crippen LogP contribution in [-0.4, -0.2) is 15.0 Å². The van der Waals surface area contributed by atoms with Gasteiger partial charge < -0.3 is 5.32 Å². The van der Waals surface area contributed by atoms with E-state index in [0.717, 1.165) is 41.7 Å². The second kappa shape index (κ2) is 9.24. The fourth-order valence-corrected chi connectivity index (χ4v) is 6.11. The molecule has 4 aromatic rings. The molecule has 1 N–H and O–H groups in total. The maximum atomic E-state index is 13.6. The Morgan fingerprint density at radius 2 is 1.76 bits per heavy atom. The maximum absolute atomic E-state index is 13.6. The van der Waals surface area contributed by atoms with E-state index in [-0.39, 0.29) is 24.6 Å². The number of halogens is 1. The van der Waals surface area contributed by atoms with Gasteiger partial charge in [-0.15, -0.1) is 11.3 Å². The van der Waals surface area contributed by atoms with Crippen molar-refractivity contribution in [2.75, 3.05) is 5.32 Å². The van der Waals surface area contributed by atoms with Gasteiger partial charge in [-0.25, -0.2) is 4.79 Å². The van der Waals surface area contributed by atoms with Gasteiger partial charge in [-0.1, -0.05) is 48.0 Å². The summed E-state index contributed by atoms with van der Waals surface area (Å²) >= 11 is 7.80. The van der Waals surface area contributed by atoms with Crippen LogP contribution in [0.15, 0.2) is 58.1 Å². The van der Waals surface area contributed by atoms with Crippen LogP contribution in [0.4, 0.5) is 5.69 Å². The van der Waals surface area contributed by atoms with Crippen LogP contribution >= 0.6 is 22.9 Å². The molecular weight excluding hydrogens is 470 g/mol. The molecule has 0 saturated heterocycles. The monoisotopic (exact) mass is 493 g/mol. The van der Waals surface area contributed by atoms with Crippen molar-refractivity contribution in [3.8, 4) is 0 Å². The van der Waals surface area contributed by atoms with Gasteiger partial charge in [0.15, 0.2) is 0 Å². The van der Waals surface area contributed by atoms with Crippen molar-refractivity contribution < 1.29 is 4.79 Å². The molecule has 0 spiro atoms. The number of aromatic nitrogens is 2. The molecule has 1 aliphatic rings. The number of amides is 1. The van der Waals surface area contributed by atoms with Gasteiger partial charge in [0.05, 0.1) is 11.9 Å². The molecule has 0 saturated carbocycles. The van der Waals surface area contributed by atoms with Gasteiger partial charge in [0, 0.05) is 15.6 Å². The van der Waals surface area contributed by atoms with Gasteiger partial charge in [0.25, 0.3) is 5.56 Å². The predicted molar refractivity (Wildman–Crippen MR) is 137 cm³/mol. The summed E-state index contributed by atoms with van der Waals surface area (Å²) in [6.07, 6.45) is 3.77. The lowest BCUT2D eigenvalue weighted by molar-refractivity contribution is -0.116. The Kier molecular flexibility index (Phi) is 6.15. The Hall–Kier alpha value is -3.16. The average molecular weight is 494 g/mol. The molecule has 6 nitrogen and oxygen atoms in total. The summed E-state index contributed by atoms with van der Waals surface area (Å²) in [4.78, 5) is 41.9. The number of para-hydroxylation sites is 1. The number of anilines is 1. The summed E-state index contributed by atoms with van der Waals surface area (Å²) in [5.41, 5.74) is 2.53. The molecule has 0 atom stereocenters. The van der Waals surface area contributed by atoms with Crippen LogP contribution in [0.3, 0.4) is 0 Å². The van der Waals surface area contributed by atoms with Crippen LogP contribution in [0, 0.1) is 6.92 Å². The van der Waals surface area contributed by atoms with Gasteiger partial charge in [-0.05, 0) is 61.4 Å². The van der Waals surface area contributed by atoms with Crippen molar-refractivity contribution in [2.24, 2.45) is 0 Å². The molecule has 2 heterocycles. The molecule has 1 aliphatic carbocycles. The molecule has 34 heavy (non-hydrogen) atoms. The second-order valence-electron chi connectivity index (χ2n) is 8.61. The van der Waals surface area contributed by atoms with Gasteiger partial charge in [-0.2, -0.15) is 0 Å². The number of thiophene rings is 1. The minimum absolute atomic E-state index is 0.0529. The van der Waals surface area contributed by atoms with E-state index in [0.29, 0.717) is 26.5 Å². The van der Waals surface area contributed by atoms with Gasteiger partial charge in [-0.3, -0.25) is 18.7 Å². The van der Waals surface area contributed by atoms with Crippen LogP contribution in [0.2, 0.25) is 5.02 Å². The lowest BCUT2D eigenvalue weighted by Gasteiger charge is -2.14. The highest BCUT2D eigenvalue weighted by Gasteiger charge is 2.24. The number of carbonyl (C=O) groups is 1. The number of hydrogen-bond donors (Lipinski definition) is 1. The van der Waals surface area contributed by atoms with Crippen molar-refractivity contribution in [1.29, 1.82) is 0 Å². The molecule has 0 radical (unpaired) electrons. The lowest BCUT2D eigenvalue weighted by atomic mass is 9.97. The molecule has 0 bridgehead atoms. The average Bonchev–Trinajstić information content (AvgIpc) is 3.22.